The molecule has 12 aromatic heterocycles. The third-order valence-electron chi connectivity index (χ3n) is 15.2. The van der Waals surface area contributed by atoms with Crippen LogP contribution in [-0.2, 0) is 71.0 Å². The van der Waals surface area contributed by atoms with E-state index in [1.54, 1.807) is 43.0 Å². The molecule has 16 rings (SSSR count). The molecule has 99 heavy (non-hydrogen) atoms. The molecule has 0 radical (unpaired) electrons. The second kappa shape index (κ2) is 28.6. The highest BCUT2D eigenvalue weighted by molar-refractivity contribution is 7.19. The standard InChI is InChI=1S/3C17H13N3O3S2.C16H11N3O3S2/c3*1-9-2-3-14-13(4-9)18-15(25-14)6-20-17(23)11-8-24-7-10(11)12(19-20)5-16(21)22;20-15(21)5-12-9-7-23-8-10(9)16(22)19(18-12)6-14-17-11-3-1-2-4-13(11)24-14/h3*2-4,7-8H,5-6H2,1H3,(H,21,22);1-4,7-8H,5-6H2,(H,20,21). The molecule has 0 atom stereocenters. The Balaban J connectivity index is 0.000000119. The van der Waals surface area contributed by atoms with Crippen LogP contribution in [0.5, 0.6) is 0 Å². The summed E-state index contributed by atoms with van der Waals surface area (Å²) < 4.78 is 9.46. The van der Waals surface area contributed by atoms with Gasteiger partial charge in [-0.3, -0.25) is 38.4 Å². The predicted octanol–water partition coefficient (Wildman–Crippen LogP) is 11.9. The van der Waals surface area contributed by atoms with E-state index < -0.39 is 23.9 Å². The van der Waals surface area contributed by atoms with Gasteiger partial charge in [-0.1, -0.05) is 30.3 Å². The van der Waals surface area contributed by atoms with Crippen molar-refractivity contribution in [3.05, 3.63) is 223 Å². The number of benzene rings is 4. The molecule has 0 spiro atoms. The van der Waals surface area contributed by atoms with E-state index in [1.165, 1.54) is 109 Å². The first-order chi connectivity index (χ1) is 47.6. The van der Waals surface area contributed by atoms with Crippen LogP contribution in [0.3, 0.4) is 0 Å². The molecule has 0 aliphatic carbocycles. The lowest BCUT2D eigenvalue weighted by Gasteiger charge is -2.06. The van der Waals surface area contributed by atoms with E-state index in [0.717, 1.165) is 77.6 Å². The SMILES string of the molecule is Cc1ccc2sc(Cn3nc(CC(=O)O)c4cscc4c3=O)nc2c1.Cc1ccc2sc(Cn3nc(CC(=O)O)c4cscc4c3=O)nc2c1.Cc1ccc2sc(Cn3nc(CC(=O)O)c4cscc4c3=O)nc2c1.O=C(O)Cc1nn(Cc2nc3ccccc3s2)c(=O)c2cscc12. The van der Waals surface area contributed by atoms with Crippen molar-refractivity contribution in [3.63, 3.8) is 0 Å². The van der Waals surface area contributed by atoms with Crippen molar-refractivity contribution in [2.75, 3.05) is 0 Å². The van der Waals surface area contributed by atoms with Crippen molar-refractivity contribution in [2.24, 2.45) is 0 Å². The van der Waals surface area contributed by atoms with Gasteiger partial charge in [0.05, 0.1) is 137 Å². The second-order valence-electron chi connectivity index (χ2n) is 22.5. The van der Waals surface area contributed by atoms with Crippen molar-refractivity contribution in [2.45, 2.75) is 72.6 Å². The molecule has 0 unspecified atom stereocenters. The fourth-order valence-corrected chi connectivity index (χ4v) is 17.8. The van der Waals surface area contributed by atoms with Gasteiger partial charge in [-0.2, -0.15) is 65.7 Å². The van der Waals surface area contributed by atoms with E-state index in [4.69, 9.17) is 20.4 Å². The molecule has 16 aromatic rings. The highest BCUT2D eigenvalue weighted by Crippen LogP contribution is 2.29. The zero-order valence-corrected chi connectivity index (χ0v) is 58.5. The summed E-state index contributed by atoms with van der Waals surface area (Å²) in [6, 6.07) is 25.9. The molecule has 0 bridgehead atoms. The summed E-state index contributed by atoms with van der Waals surface area (Å²) in [4.78, 5) is 113. The second-order valence-corrected chi connectivity index (χ2v) is 30.0. The van der Waals surface area contributed by atoms with Crippen molar-refractivity contribution < 1.29 is 39.6 Å². The first-order valence-electron chi connectivity index (χ1n) is 29.8. The van der Waals surface area contributed by atoms with E-state index >= 15 is 0 Å². The van der Waals surface area contributed by atoms with E-state index in [-0.39, 0.29) is 74.1 Å². The van der Waals surface area contributed by atoms with Crippen LogP contribution in [-0.4, -0.2) is 103 Å². The Morgan fingerprint density at radius 3 is 0.838 bits per heavy atom. The van der Waals surface area contributed by atoms with Crippen LogP contribution in [0, 0.1) is 20.8 Å². The Morgan fingerprint density at radius 1 is 0.333 bits per heavy atom. The van der Waals surface area contributed by atoms with Gasteiger partial charge in [0.2, 0.25) is 0 Å². The Morgan fingerprint density at radius 2 is 0.576 bits per heavy atom. The molecule has 0 saturated carbocycles. The molecule has 0 saturated heterocycles. The monoisotopic (exact) mass is 1470 g/mol. The number of carboxylic acid groups (broad SMARTS) is 4. The van der Waals surface area contributed by atoms with Gasteiger partial charge in [0, 0.05) is 64.6 Å². The maximum absolute atomic E-state index is 12.6. The van der Waals surface area contributed by atoms with Crippen molar-refractivity contribution in [3.8, 4) is 0 Å². The Labute approximate surface area is 588 Å². The van der Waals surface area contributed by atoms with Gasteiger partial charge in [-0.05, 0) is 86.0 Å². The Kier molecular flexibility index (Phi) is 19.5. The third-order valence-corrected chi connectivity index (χ3v) is 22.3. The zero-order valence-electron chi connectivity index (χ0n) is 52.0. The summed E-state index contributed by atoms with van der Waals surface area (Å²) in [6.07, 6.45) is -0.862. The fourth-order valence-electron chi connectivity index (χ4n) is 10.8. The zero-order chi connectivity index (χ0) is 69.3. The van der Waals surface area contributed by atoms with Gasteiger partial charge in [0.15, 0.2) is 0 Å². The predicted molar refractivity (Wildman–Crippen MR) is 390 cm³/mol. The van der Waals surface area contributed by atoms with Crippen LogP contribution >= 0.6 is 90.7 Å². The highest BCUT2D eigenvalue weighted by atomic mass is 32.1. The summed E-state index contributed by atoms with van der Waals surface area (Å²) in [6.45, 7) is 6.95. The molecule has 0 aliphatic rings. The quantitative estimate of drug-likeness (QED) is 0.0698. The number of aryl methyl sites for hydroxylation is 3. The van der Waals surface area contributed by atoms with Crippen molar-refractivity contribution in [1.82, 2.24) is 59.1 Å². The number of hydrogen-bond acceptors (Lipinski definition) is 24. The average molecular weight is 1470 g/mol. The fraction of sp³-hybridized carbons (Fsp3) is 0.164. The maximum atomic E-state index is 12.6. The molecular weight excluding hydrogens is 1420 g/mol. The molecule has 24 nitrogen and oxygen atoms in total. The van der Waals surface area contributed by atoms with E-state index in [0.29, 0.717) is 65.9 Å². The van der Waals surface area contributed by atoms with Gasteiger partial charge in [-0.25, -0.2) is 38.7 Å². The lowest BCUT2D eigenvalue weighted by molar-refractivity contribution is -0.137. The van der Waals surface area contributed by atoms with Gasteiger partial charge >= 0.3 is 23.9 Å². The van der Waals surface area contributed by atoms with Crippen molar-refractivity contribution in [1.29, 1.82) is 0 Å². The molecule has 0 amide bonds. The largest absolute Gasteiger partial charge is 0.481 e. The first-order valence-corrected chi connectivity index (χ1v) is 36.8. The van der Waals surface area contributed by atoms with E-state index in [2.05, 4.69) is 40.3 Å². The van der Waals surface area contributed by atoms with Crippen molar-refractivity contribution >= 4 is 199 Å². The molecule has 4 N–H and O–H groups in total. The van der Waals surface area contributed by atoms with E-state index in [1.807, 2.05) is 99.6 Å². The number of thiophene rings is 4. The molecule has 12 heterocycles. The maximum Gasteiger partial charge on any atom is 0.309 e. The number of carbonyl (C=O) groups is 4. The van der Waals surface area contributed by atoms with Crippen LogP contribution in [0.2, 0.25) is 0 Å². The summed E-state index contributed by atoms with van der Waals surface area (Å²) in [7, 11) is 0. The number of nitrogens with zero attached hydrogens (tertiary/aromatic N) is 12. The lowest BCUT2D eigenvalue weighted by Crippen LogP contribution is -2.25. The minimum atomic E-state index is -0.972. The van der Waals surface area contributed by atoms with Crippen LogP contribution in [0.15, 0.2) is 141 Å². The molecule has 498 valence electrons. The normalized spacial score (nSPS) is 11.4. The highest BCUT2D eigenvalue weighted by Gasteiger charge is 2.21. The Hall–Kier alpha value is -10.3. The molecule has 0 fully saturated rings. The number of thiazole rings is 4. The Bertz CT molecular complexity index is 5650. The topological polar surface area (TPSA) is 340 Å². The summed E-state index contributed by atoms with van der Waals surface area (Å²) >= 11 is 11.5. The number of hydrogen-bond donors (Lipinski definition) is 4. The van der Waals surface area contributed by atoms with Crippen LogP contribution in [0.25, 0.3) is 84.0 Å². The van der Waals surface area contributed by atoms with Gasteiger partial charge in [-0.15, -0.1) is 45.3 Å². The number of rotatable bonds is 16. The number of aliphatic carboxylic acids is 4. The number of aromatic nitrogens is 12. The molecule has 0 aliphatic heterocycles. The summed E-state index contributed by atoms with van der Waals surface area (Å²) in [5, 5.41) is 75.1. The molecular formula is C67H50N12O12S8. The number of para-hydroxylation sites is 1. The lowest BCUT2D eigenvalue weighted by atomic mass is 10.2. The summed E-state index contributed by atoms with van der Waals surface area (Å²) in [5.74, 6) is -3.89. The average Bonchev–Trinajstić information content (AvgIpc) is 1.72. The number of carboxylic acids is 4. The minimum Gasteiger partial charge on any atom is -0.481 e. The third kappa shape index (κ3) is 14.9. The van der Waals surface area contributed by atoms with Crippen LogP contribution in [0.1, 0.15) is 59.5 Å². The summed E-state index contributed by atoms with van der Waals surface area (Å²) in [5.41, 5.74) is 7.69. The van der Waals surface area contributed by atoms with Crippen LogP contribution in [0.4, 0.5) is 0 Å². The van der Waals surface area contributed by atoms with Gasteiger partial charge in [0.1, 0.15) is 20.0 Å². The molecule has 32 heteroatoms. The van der Waals surface area contributed by atoms with E-state index in [9.17, 15) is 38.4 Å². The number of fused-ring (bicyclic) bond motifs is 8. The van der Waals surface area contributed by atoms with Gasteiger partial charge < -0.3 is 20.4 Å². The van der Waals surface area contributed by atoms with Crippen LogP contribution < -0.4 is 22.2 Å². The first kappa shape index (κ1) is 67.3. The minimum absolute atomic E-state index is 0.215. The smallest absolute Gasteiger partial charge is 0.309 e. The van der Waals surface area contributed by atoms with Gasteiger partial charge in [0.25, 0.3) is 22.2 Å². The molecule has 4 aromatic carbocycles.